The van der Waals surface area contributed by atoms with Crippen LogP contribution in [-0.2, 0) is 4.74 Å². The third-order valence-electron chi connectivity index (χ3n) is 5.93. The van der Waals surface area contributed by atoms with E-state index in [1.807, 2.05) is 39.0 Å². The average molecular weight is 425 g/mol. The Morgan fingerprint density at radius 3 is 2.73 bits per heavy atom. The molecule has 0 aliphatic carbocycles. The number of cyclic esters (lactones) is 1. The molecule has 0 unspecified atom stereocenters. The first-order chi connectivity index (χ1) is 14.2. The molecular formula is C23H25ClN4O2. The Hall–Kier alpha value is -2.70. The van der Waals surface area contributed by atoms with Gasteiger partial charge in [-0.3, -0.25) is 0 Å². The van der Waals surface area contributed by atoms with Crippen LogP contribution >= 0.6 is 11.6 Å². The number of benzene rings is 1. The molecule has 4 rings (SSSR count). The summed E-state index contributed by atoms with van der Waals surface area (Å²) in [5, 5.41) is 5.72. The number of carbonyl (C=O) groups is 1. The number of nitrogens with zero attached hydrogens (tertiary/aromatic N) is 2. The molecule has 1 aliphatic rings. The molecule has 6 nitrogen and oxygen atoms in total. The number of pyridine rings is 2. The number of ether oxygens (including phenoxy) is 1. The smallest absolute Gasteiger partial charge is 0.340 e. The highest BCUT2D eigenvalue weighted by Gasteiger charge is 2.40. The summed E-state index contributed by atoms with van der Waals surface area (Å²) < 4.78 is 5.54. The molecule has 2 aromatic heterocycles. The van der Waals surface area contributed by atoms with E-state index in [1.54, 1.807) is 18.3 Å². The summed E-state index contributed by atoms with van der Waals surface area (Å²) in [5.74, 6) is 0.863. The predicted molar refractivity (Wildman–Crippen MR) is 119 cm³/mol. The summed E-state index contributed by atoms with van der Waals surface area (Å²) in [4.78, 5) is 21.5. The van der Waals surface area contributed by atoms with Crippen molar-refractivity contribution in [1.82, 2.24) is 9.97 Å². The second-order valence-corrected chi connectivity index (χ2v) is 8.64. The maximum Gasteiger partial charge on any atom is 0.340 e. The maximum absolute atomic E-state index is 12.3. The molecule has 0 saturated carbocycles. The molecule has 1 aromatic carbocycles. The van der Waals surface area contributed by atoms with Crippen LogP contribution in [0.3, 0.4) is 0 Å². The number of hydrogen-bond acceptors (Lipinski definition) is 6. The first-order valence-electron chi connectivity index (χ1n) is 10.1. The Morgan fingerprint density at radius 1 is 1.23 bits per heavy atom. The van der Waals surface area contributed by atoms with Crippen molar-refractivity contribution in [2.75, 3.05) is 5.32 Å². The summed E-state index contributed by atoms with van der Waals surface area (Å²) in [6, 6.07) is 9.18. The van der Waals surface area contributed by atoms with Crippen molar-refractivity contribution in [3.63, 3.8) is 0 Å². The minimum atomic E-state index is -0.612. The van der Waals surface area contributed by atoms with Crippen LogP contribution in [0.5, 0.6) is 0 Å². The van der Waals surface area contributed by atoms with Crippen molar-refractivity contribution in [3.05, 3.63) is 58.4 Å². The van der Waals surface area contributed by atoms with Crippen LogP contribution in [-0.4, -0.2) is 21.5 Å². The van der Waals surface area contributed by atoms with Gasteiger partial charge in [-0.2, -0.15) is 0 Å². The number of carbonyl (C=O) groups excluding carboxylic acids is 1. The van der Waals surface area contributed by atoms with Gasteiger partial charge in [0.2, 0.25) is 0 Å². The molecule has 0 bridgehead atoms. The largest absolute Gasteiger partial charge is 0.455 e. The van der Waals surface area contributed by atoms with Gasteiger partial charge < -0.3 is 15.8 Å². The molecule has 7 heteroatoms. The number of fused-ring (bicyclic) bond motifs is 2. The summed E-state index contributed by atoms with van der Waals surface area (Å²) in [6.07, 6.45) is 2.56. The summed E-state index contributed by atoms with van der Waals surface area (Å²) >= 11 is 6.37. The monoisotopic (exact) mass is 424 g/mol. The van der Waals surface area contributed by atoms with E-state index in [0.29, 0.717) is 22.2 Å². The minimum Gasteiger partial charge on any atom is -0.455 e. The van der Waals surface area contributed by atoms with Gasteiger partial charge in [0.25, 0.3) is 0 Å². The van der Waals surface area contributed by atoms with Gasteiger partial charge in [0.05, 0.1) is 11.3 Å². The topological polar surface area (TPSA) is 90.1 Å². The lowest BCUT2D eigenvalue weighted by molar-refractivity contribution is -0.0189. The van der Waals surface area contributed by atoms with Crippen LogP contribution in [0.4, 0.5) is 11.6 Å². The highest BCUT2D eigenvalue weighted by atomic mass is 35.5. The van der Waals surface area contributed by atoms with Gasteiger partial charge in [0.1, 0.15) is 17.2 Å². The molecule has 3 heterocycles. The fraction of sp³-hybridized carbons (Fsp3) is 0.348. The van der Waals surface area contributed by atoms with Crippen molar-refractivity contribution in [3.8, 4) is 0 Å². The molecule has 156 valence electrons. The first kappa shape index (κ1) is 20.6. The summed E-state index contributed by atoms with van der Waals surface area (Å²) in [7, 11) is 0. The zero-order valence-corrected chi connectivity index (χ0v) is 18.2. The third-order valence-corrected chi connectivity index (χ3v) is 6.26. The Balaban J connectivity index is 1.73. The van der Waals surface area contributed by atoms with Crippen molar-refractivity contribution in [2.45, 2.75) is 51.7 Å². The van der Waals surface area contributed by atoms with Gasteiger partial charge in [-0.25, -0.2) is 14.8 Å². The van der Waals surface area contributed by atoms with Crippen molar-refractivity contribution < 1.29 is 9.53 Å². The molecule has 3 aromatic rings. The lowest BCUT2D eigenvalue weighted by atomic mass is 9.84. The van der Waals surface area contributed by atoms with Crippen molar-refractivity contribution in [1.29, 1.82) is 0 Å². The van der Waals surface area contributed by atoms with Gasteiger partial charge in [-0.15, -0.1) is 0 Å². The minimum absolute atomic E-state index is 0.0375. The molecule has 0 fully saturated rings. The summed E-state index contributed by atoms with van der Waals surface area (Å²) in [5.41, 5.74) is 7.94. The number of aromatic nitrogens is 2. The molecule has 3 N–H and O–H groups in total. The first-order valence-corrected chi connectivity index (χ1v) is 10.4. The highest BCUT2D eigenvalue weighted by Crippen LogP contribution is 2.38. The van der Waals surface area contributed by atoms with Gasteiger partial charge >= 0.3 is 5.97 Å². The molecular weight excluding hydrogens is 400 g/mol. The molecule has 0 amide bonds. The zero-order valence-electron chi connectivity index (χ0n) is 17.5. The second-order valence-electron chi connectivity index (χ2n) is 8.24. The maximum atomic E-state index is 12.3. The van der Waals surface area contributed by atoms with Crippen LogP contribution < -0.4 is 11.1 Å². The number of halogens is 1. The molecule has 2 atom stereocenters. The molecule has 1 aliphatic heterocycles. The van der Waals surface area contributed by atoms with Crippen molar-refractivity contribution in [2.24, 2.45) is 5.73 Å². The Morgan fingerprint density at radius 2 is 2.00 bits per heavy atom. The van der Waals surface area contributed by atoms with E-state index >= 15 is 0 Å². The van der Waals surface area contributed by atoms with E-state index in [4.69, 9.17) is 27.1 Å². The van der Waals surface area contributed by atoms with Crippen molar-refractivity contribution >= 4 is 40.0 Å². The SMILES string of the molecule is CC[C@@H](N)c1ccc(Cl)c2cnc(Nc3ccc4c(n3)[C@@H](C)C(C)(C)OC4=O)cc12. The van der Waals surface area contributed by atoms with E-state index in [9.17, 15) is 4.79 Å². The standard InChI is InChI=1S/C23H25ClN4O2/c1-5-18(25)13-6-8-17(24)16-11-26-20(10-15(13)16)27-19-9-7-14-21(28-19)12(2)23(3,4)30-22(14)29/h6-12,18H,5,25H2,1-4H3,(H,26,27,28)/t12-,18-/m1/s1. The quantitative estimate of drug-likeness (QED) is 0.538. The molecule has 0 radical (unpaired) electrons. The van der Waals surface area contributed by atoms with E-state index in [2.05, 4.69) is 17.2 Å². The van der Waals surface area contributed by atoms with E-state index < -0.39 is 5.60 Å². The fourth-order valence-electron chi connectivity index (χ4n) is 3.73. The van der Waals surface area contributed by atoms with E-state index in [1.165, 1.54) is 0 Å². The lowest BCUT2D eigenvalue weighted by Gasteiger charge is -2.36. The van der Waals surface area contributed by atoms with Gasteiger partial charge in [0.15, 0.2) is 0 Å². The number of anilines is 2. The van der Waals surface area contributed by atoms with Crippen LogP contribution in [0.15, 0.2) is 36.5 Å². The Labute approximate surface area is 180 Å². The zero-order chi connectivity index (χ0) is 21.6. The molecule has 0 spiro atoms. The van der Waals surface area contributed by atoms with Crippen LogP contribution in [0, 0.1) is 0 Å². The highest BCUT2D eigenvalue weighted by molar-refractivity contribution is 6.35. The number of hydrogen-bond donors (Lipinski definition) is 2. The molecule has 30 heavy (non-hydrogen) atoms. The van der Waals surface area contributed by atoms with Crippen LogP contribution in [0.1, 0.15) is 67.7 Å². The van der Waals surface area contributed by atoms with Gasteiger partial charge in [-0.05, 0) is 55.5 Å². The number of nitrogens with one attached hydrogen (secondary N) is 1. The van der Waals surface area contributed by atoms with Gasteiger partial charge in [0, 0.05) is 28.6 Å². The van der Waals surface area contributed by atoms with Gasteiger partial charge in [-0.1, -0.05) is 31.5 Å². The van der Waals surface area contributed by atoms with Crippen LogP contribution in [0.2, 0.25) is 5.02 Å². The Bertz CT molecular complexity index is 1150. The fourth-order valence-corrected chi connectivity index (χ4v) is 3.94. The number of esters is 1. The second kappa shape index (κ2) is 7.52. The normalized spacial score (nSPS) is 18.6. The number of rotatable bonds is 4. The van der Waals surface area contributed by atoms with E-state index in [0.717, 1.165) is 28.5 Å². The van der Waals surface area contributed by atoms with E-state index in [-0.39, 0.29) is 17.9 Å². The predicted octanol–water partition coefficient (Wildman–Crippen LogP) is 5.49. The third kappa shape index (κ3) is 3.50. The summed E-state index contributed by atoms with van der Waals surface area (Å²) in [6.45, 7) is 7.85. The molecule has 0 saturated heterocycles. The Kier molecular flexibility index (Phi) is 5.16. The number of nitrogens with two attached hydrogens (primary N) is 1. The lowest BCUT2D eigenvalue weighted by Crippen LogP contribution is -2.39. The average Bonchev–Trinajstić information content (AvgIpc) is 2.71. The van der Waals surface area contributed by atoms with Crippen LogP contribution in [0.25, 0.3) is 10.8 Å².